The smallest absolute Gasteiger partial charge is 0.124 e. The quantitative estimate of drug-likeness (QED) is 0.664. The van der Waals surface area contributed by atoms with Crippen LogP contribution in [0.25, 0.3) is 0 Å². The average Bonchev–Trinajstić information content (AvgIpc) is 2.73. The monoisotopic (exact) mass is 439 g/mol. The minimum atomic E-state index is -0.189. The van der Waals surface area contributed by atoms with Crippen molar-refractivity contribution in [1.82, 2.24) is 5.32 Å². The second-order valence-electron chi connectivity index (χ2n) is 3.80. The zero-order valence-electron chi connectivity index (χ0n) is 9.71. The molecule has 5 heteroatoms. The summed E-state index contributed by atoms with van der Waals surface area (Å²) in [5.41, 5.74) is 1.12. The fourth-order valence-electron chi connectivity index (χ4n) is 1.79. The number of hydrogen-bond donors (Lipinski definition) is 1. The van der Waals surface area contributed by atoms with Gasteiger partial charge in [0.15, 0.2) is 0 Å². The van der Waals surface area contributed by atoms with Gasteiger partial charge in [-0.2, -0.15) is 0 Å². The van der Waals surface area contributed by atoms with Crippen LogP contribution in [0.1, 0.15) is 23.4 Å². The van der Waals surface area contributed by atoms with Crippen LogP contribution in [0.15, 0.2) is 34.1 Å². The van der Waals surface area contributed by atoms with Crippen molar-refractivity contribution in [2.75, 3.05) is 6.54 Å². The summed E-state index contributed by atoms with van der Waals surface area (Å²) in [6.45, 7) is 2.94. The fraction of sp³-hybridized carbons (Fsp3) is 0.231. The third-order valence-corrected chi connectivity index (χ3v) is 5.18. The van der Waals surface area contributed by atoms with Gasteiger partial charge in [0.05, 0.1) is 9.83 Å². The summed E-state index contributed by atoms with van der Waals surface area (Å²) >= 11 is 7.37. The number of thiophene rings is 1. The van der Waals surface area contributed by atoms with Crippen LogP contribution >= 0.6 is 49.9 Å². The Morgan fingerprint density at radius 1 is 1.39 bits per heavy atom. The van der Waals surface area contributed by atoms with Gasteiger partial charge >= 0.3 is 0 Å². The van der Waals surface area contributed by atoms with Crippen molar-refractivity contribution < 1.29 is 4.39 Å². The van der Waals surface area contributed by atoms with Gasteiger partial charge in [-0.25, -0.2) is 4.39 Å². The SMILES string of the molecule is CCNC(c1ccc(Br)s1)c1ccc(F)cc1I. The van der Waals surface area contributed by atoms with Gasteiger partial charge in [-0.05, 0) is 74.9 Å². The van der Waals surface area contributed by atoms with Crippen molar-refractivity contribution in [2.45, 2.75) is 13.0 Å². The Balaban J connectivity index is 2.41. The zero-order valence-corrected chi connectivity index (χ0v) is 14.3. The second kappa shape index (κ2) is 6.45. The summed E-state index contributed by atoms with van der Waals surface area (Å²) in [5, 5.41) is 3.45. The van der Waals surface area contributed by atoms with Crippen molar-refractivity contribution in [2.24, 2.45) is 0 Å². The third kappa shape index (κ3) is 3.31. The van der Waals surface area contributed by atoms with Gasteiger partial charge in [-0.15, -0.1) is 11.3 Å². The number of rotatable bonds is 4. The van der Waals surface area contributed by atoms with Crippen LogP contribution in [0.2, 0.25) is 0 Å². The number of hydrogen-bond acceptors (Lipinski definition) is 2. The van der Waals surface area contributed by atoms with Gasteiger partial charge in [0.1, 0.15) is 5.82 Å². The minimum absolute atomic E-state index is 0.124. The largest absolute Gasteiger partial charge is 0.306 e. The molecule has 1 aromatic heterocycles. The Morgan fingerprint density at radius 2 is 2.17 bits per heavy atom. The molecule has 1 unspecified atom stereocenters. The van der Waals surface area contributed by atoms with E-state index in [-0.39, 0.29) is 11.9 Å². The maximum Gasteiger partial charge on any atom is 0.124 e. The summed E-state index contributed by atoms with van der Waals surface area (Å²) in [6.07, 6.45) is 0. The van der Waals surface area contributed by atoms with Crippen molar-refractivity contribution in [1.29, 1.82) is 0 Å². The number of benzene rings is 1. The van der Waals surface area contributed by atoms with Crippen LogP contribution in [0, 0.1) is 9.39 Å². The molecule has 2 rings (SSSR count). The van der Waals surface area contributed by atoms with Gasteiger partial charge in [0.25, 0.3) is 0 Å². The van der Waals surface area contributed by atoms with Gasteiger partial charge in [-0.1, -0.05) is 13.0 Å². The Bertz CT molecular complexity index is 544. The van der Waals surface area contributed by atoms with E-state index in [1.807, 2.05) is 12.1 Å². The molecule has 0 fully saturated rings. The Morgan fingerprint density at radius 3 is 2.72 bits per heavy atom. The molecule has 0 aliphatic rings. The summed E-state index contributed by atoms with van der Waals surface area (Å²) in [7, 11) is 0. The predicted molar refractivity (Wildman–Crippen MR) is 86.7 cm³/mol. The normalized spacial score (nSPS) is 12.7. The van der Waals surface area contributed by atoms with Gasteiger partial charge in [0, 0.05) is 8.45 Å². The van der Waals surface area contributed by atoms with Crippen molar-refractivity contribution in [3.63, 3.8) is 0 Å². The lowest BCUT2D eigenvalue weighted by atomic mass is 10.1. The molecule has 96 valence electrons. The molecule has 0 spiro atoms. The van der Waals surface area contributed by atoms with E-state index in [4.69, 9.17) is 0 Å². The second-order valence-corrected chi connectivity index (χ2v) is 7.46. The standard InChI is InChI=1S/C13H12BrFINS/c1-2-17-13(11-5-6-12(14)18-11)9-4-3-8(15)7-10(9)16/h3-7,13,17H,2H2,1H3. The summed E-state index contributed by atoms with van der Waals surface area (Å²) in [6, 6.07) is 9.21. The lowest BCUT2D eigenvalue weighted by Gasteiger charge is -2.18. The van der Waals surface area contributed by atoms with Crippen molar-refractivity contribution in [3.05, 3.63) is 53.9 Å². The third-order valence-electron chi connectivity index (χ3n) is 2.56. The first-order chi connectivity index (χ1) is 8.61. The maximum atomic E-state index is 13.2. The molecule has 1 atom stereocenters. The van der Waals surface area contributed by atoms with Gasteiger partial charge in [-0.3, -0.25) is 0 Å². The first kappa shape index (κ1) is 14.4. The Labute approximate surface area is 132 Å². The van der Waals surface area contributed by atoms with Crippen molar-refractivity contribution >= 4 is 49.9 Å². The summed E-state index contributed by atoms with van der Waals surface area (Å²) in [5.74, 6) is -0.189. The summed E-state index contributed by atoms with van der Waals surface area (Å²) in [4.78, 5) is 1.23. The zero-order chi connectivity index (χ0) is 13.1. The molecule has 1 heterocycles. The predicted octanol–water partition coefficient (Wildman–Crippen LogP) is 4.95. The molecule has 1 N–H and O–H groups in total. The van der Waals surface area contributed by atoms with E-state index in [1.54, 1.807) is 17.4 Å². The van der Waals surface area contributed by atoms with E-state index in [0.29, 0.717) is 0 Å². The van der Waals surface area contributed by atoms with E-state index < -0.39 is 0 Å². The van der Waals surface area contributed by atoms with Gasteiger partial charge < -0.3 is 5.32 Å². The number of halogens is 3. The first-order valence-corrected chi connectivity index (χ1v) is 8.24. The molecule has 2 aromatic rings. The van der Waals surface area contributed by atoms with Crippen LogP contribution in [-0.4, -0.2) is 6.54 Å². The van der Waals surface area contributed by atoms with Crippen molar-refractivity contribution in [3.8, 4) is 0 Å². The molecule has 0 saturated carbocycles. The van der Waals surface area contributed by atoms with E-state index in [0.717, 1.165) is 19.5 Å². The van der Waals surface area contributed by atoms with Gasteiger partial charge in [0.2, 0.25) is 0 Å². The topological polar surface area (TPSA) is 12.0 Å². The van der Waals surface area contributed by atoms with E-state index in [1.165, 1.54) is 10.9 Å². The average molecular weight is 440 g/mol. The maximum absolute atomic E-state index is 13.2. The molecular formula is C13H12BrFINS. The highest BCUT2D eigenvalue weighted by molar-refractivity contribution is 14.1. The Hall–Kier alpha value is 0.0200. The minimum Gasteiger partial charge on any atom is -0.306 e. The molecule has 18 heavy (non-hydrogen) atoms. The highest BCUT2D eigenvalue weighted by Crippen LogP contribution is 2.33. The highest BCUT2D eigenvalue weighted by Gasteiger charge is 2.17. The molecule has 0 bridgehead atoms. The van der Waals surface area contributed by atoms with Crippen LogP contribution < -0.4 is 5.32 Å². The highest BCUT2D eigenvalue weighted by atomic mass is 127. The van der Waals surface area contributed by atoms with Crippen LogP contribution in [0.5, 0.6) is 0 Å². The molecule has 0 radical (unpaired) electrons. The lowest BCUT2D eigenvalue weighted by Crippen LogP contribution is -2.22. The Kier molecular flexibility index (Phi) is 5.17. The van der Waals surface area contributed by atoms with E-state index >= 15 is 0 Å². The van der Waals surface area contributed by atoms with Crippen LogP contribution in [0.4, 0.5) is 4.39 Å². The molecule has 0 amide bonds. The number of nitrogens with one attached hydrogen (secondary N) is 1. The lowest BCUT2D eigenvalue weighted by molar-refractivity contribution is 0.614. The molecule has 0 aliphatic heterocycles. The molecular weight excluding hydrogens is 428 g/mol. The molecule has 1 nitrogen and oxygen atoms in total. The summed E-state index contributed by atoms with van der Waals surface area (Å²) < 4.78 is 15.2. The van der Waals surface area contributed by atoms with E-state index in [2.05, 4.69) is 56.8 Å². The molecule has 0 saturated heterocycles. The molecule has 1 aromatic carbocycles. The van der Waals surface area contributed by atoms with E-state index in [9.17, 15) is 4.39 Å². The molecule has 0 aliphatic carbocycles. The first-order valence-electron chi connectivity index (χ1n) is 5.55. The van der Waals surface area contributed by atoms with Crippen LogP contribution in [-0.2, 0) is 0 Å². The van der Waals surface area contributed by atoms with Crippen LogP contribution in [0.3, 0.4) is 0 Å². The fourth-order valence-corrected chi connectivity index (χ4v) is 4.09.